The lowest BCUT2D eigenvalue weighted by molar-refractivity contribution is -0.137. The number of rotatable bonds is 6. The molecule has 0 aliphatic heterocycles. The number of carboxylic acid groups (broad SMARTS) is 1. The highest BCUT2D eigenvalue weighted by Crippen LogP contribution is 2.13. The van der Waals surface area contributed by atoms with Crippen LogP contribution < -0.4 is 0 Å². The number of hydrogen-bond donors (Lipinski definition) is 1. The van der Waals surface area contributed by atoms with Gasteiger partial charge in [-0.25, -0.2) is 8.78 Å². The number of aliphatic carboxylic acids is 1. The molecule has 0 aliphatic carbocycles. The lowest BCUT2D eigenvalue weighted by Gasteiger charge is -1.98. The Morgan fingerprint density at radius 3 is 2.65 bits per heavy atom. The molecule has 0 saturated heterocycles. The standard InChI is InChI=1S/C13H12F2N2O3/c14-9-5-4-8(6-10(9)15)7-12-17-16-11(20-12)2-1-3-13(18)19/h4-6H,1-3,7H2,(H,18,19). The Morgan fingerprint density at radius 1 is 1.20 bits per heavy atom. The molecule has 1 N–H and O–H groups in total. The van der Waals surface area contributed by atoms with Crippen LogP contribution in [-0.2, 0) is 17.6 Å². The van der Waals surface area contributed by atoms with Crippen molar-refractivity contribution in [1.29, 1.82) is 0 Å². The van der Waals surface area contributed by atoms with E-state index in [0.717, 1.165) is 12.1 Å². The summed E-state index contributed by atoms with van der Waals surface area (Å²) < 4.78 is 31.1. The molecule has 7 heteroatoms. The molecule has 106 valence electrons. The van der Waals surface area contributed by atoms with Gasteiger partial charge in [-0.1, -0.05) is 6.07 Å². The smallest absolute Gasteiger partial charge is 0.303 e. The van der Waals surface area contributed by atoms with E-state index in [1.54, 1.807) is 0 Å². The summed E-state index contributed by atoms with van der Waals surface area (Å²) in [4.78, 5) is 10.4. The van der Waals surface area contributed by atoms with E-state index in [9.17, 15) is 13.6 Å². The molecular formula is C13H12F2N2O3. The molecule has 0 amide bonds. The lowest BCUT2D eigenvalue weighted by Crippen LogP contribution is -1.95. The maximum absolute atomic E-state index is 13.0. The van der Waals surface area contributed by atoms with Crippen LogP contribution in [0, 0.1) is 11.6 Å². The number of benzene rings is 1. The predicted molar refractivity (Wildman–Crippen MR) is 64.0 cm³/mol. The molecule has 2 aromatic rings. The van der Waals surface area contributed by atoms with E-state index in [0.29, 0.717) is 24.3 Å². The zero-order chi connectivity index (χ0) is 14.5. The van der Waals surface area contributed by atoms with Gasteiger partial charge in [0.1, 0.15) is 0 Å². The number of aryl methyl sites for hydroxylation is 1. The van der Waals surface area contributed by atoms with E-state index < -0.39 is 17.6 Å². The summed E-state index contributed by atoms with van der Waals surface area (Å²) >= 11 is 0. The molecule has 1 aromatic carbocycles. The first kappa shape index (κ1) is 14.1. The Labute approximate surface area is 113 Å². The van der Waals surface area contributed by atoms with Gasteiger partial charge in [0.05, 0.1) is 6.42 Å². The van der Waals surface area contributed by atoms with Gasteiger partial charge >= 0.3 is 5.97 Å². The number of carbonyl (C=O) groups is 1. The monoisotopic (exact) mass is 282 g/mol. The minimum atomic E-state index is -0.927. The molecule has 0 spiro atoms. The van der Waals surface area contributed by atoms with E-state index in [1.807, 2.05) is 0 Å². The quantitative estimate of drug-likeness (QED) is 0.880. The Kier molecular flexibility index (Phi) is 4.39. The average molecular weight is 282 g/mol. The van der Waals surface area contributed by atoms with Gasteiger partial charge in [0.2, 0.25) is 11.8 Å². The molecule has 20 heavy (non-hydrogen) atoms. The lowest BCUT2D eigenvalue weighted by atomic mass is 10.1. The van der Waals surface area contributed by atoms with Gasteiger partial charge in [-0.05, 0) is 24.1 Å². The van der Waals surface area contributed by atoms with Crippen molar-refractivity contribution in [3.8, 4) is 0 Å². The average Bonchev–Trinajstić information content (AvgIpc) is 2.81. The molecule has 1 heterocycles. The van der Waals surface area contributed by atoms with Crippen LogP contribution in [0.3, 0.4) is 0 Å². The summed E-state index contributed by atoms with van der Waals surface area (Å²) in [6.07, 6.45) is 1.00. The van der Waals surface area contributed by atoms with E-state index in [1.165, 1.54) is 6.07 Å². The van der Waals surface area contributed by atoms with Crippen LogP contribution >= 0.6 is 0 Å². The van der Waals surface area contributed by atoms with Crippen molar-refractivity contribution in [2.45, 2.75) is 25.7 Å². The Bertz CT molecular complexity index is 613. The Morgan fingerprint density at radius 2 is 1.95 bits per heavy atom. The topological polar surface area (TPSA) is 76.2 Å². The van der Waals surface area contributed by atoms with Gasteiger partial charge in [0.15, 0.2) is 11.6 Å². The SMILES string of the molecule is O=C(O)CCCc1nnc(Cc2ccc(F)c(F)c2)o1. The number of halogens is 2. The van der Waals surface area contributed by atoms with E-state index >= 15 is 0 Å². The van der Waals surface area contributed by atoms with Crippen LogP contribution in [-0.4, -0.2) is 21.3 Å². The molecule has 5 nitrogen and oxygen atoms in total. The third kappa shape index (κ3) is 3.84. The van der Waals surface area contributed by atoms with Crippen molar-refractivity contribution in [2.75, 3.05) is 0 Å². The fourth-order valence-corrected chi connectivity index (χ4v) is 1.68. The summed E-state index contributed by atoms with van der Waals surface area (Å²) in [5.74, 6) is -2.10. The van der Waals surface area contributed by atoms with Crippen molar-refractivity contribution < 1.29 is 23.1 Å². The first-order valence-corrected chi connectivity index (χ1v) is 6.01. The zero-order valence-corrected chi connectivity index (χ0v) is 10.5. The summed E-state index contributed by atoms with van der Waals surface area (Å²) in [5.41, 5.74) is 0.518. The molecule has 0 unspecified atom stereocenters. The van der Waals surface area contributed by atoms with Gasteiger partial charge in [-0.3, -0.25) is 4.79 Å². The number of hydrogen-bond acceptors (Lipinski definition) is 4. The first-order valence-electron chi connectivity index (χ1n) is 6.01. The van der Waals surface area contributed by atoms with Gasteiger partial charge < -0.3 is 9.52 Å². The number of nitrogens with zero attached hydrogens (tertiary/aromatic N) is 2. The molecule has 0 atom stereocenters. The van der Waals surface area contributed by atoms with E-state index in [2.05, 4.69) is 10.2 Å². The summed E-state index contributed by atoms with van der Waals surface area (Å²) in [5, 5.41) is 16.1. The Hall–Kier alpha value is -2.31. The summed E-state index contributed by atoms with van der Waals surface area (Å²) in [6, 6.07) is 3.55. The molecular weight excluding hydrogens is 270 g/mol. The highest BCUT2D eigenvalue weighted by molar-refractivity contribution is 5.66. The minimum absolute atomic E-state index is 0.0287. The van der Waals surface area contributed by atoms with Gasteiger partial charge in [0, 0.05) is 12.8 Å². The molecule has 1 aromatic heterocycles. The van der Waals surface area contributed by atoms with Crippen LogP contribution in [0.4, 0.5) is 8.78 Å². The van der Waals surface area contributed by atoms with Crippen LogP contribution in [0.25, 0.3) is 0 Å². The van der Waals surface area contributed by atoms with Crippen LogP contribution in [0.5, 0.6) is 0 Å². The van der Waals surface area contributed by atoms with Gasteiger partial charge in [0.25, 0.3) is 0 Å². The highest BCUT2D eigenvalue weighted by atomic mass is 19.2. The van der Waals surface area contributed by atoms with E-state index in [4.69, 9.17) is 9.52 Å². The fraction of sp³-hybridized carbons (Fsp3) is 0.308. The second-order valence-electron chi connectivity index (χ2n) is 4.26. The fourth-order valence-electron chi connectivity index (χ4n) is 1.68. The maximum atomic E-state index is 13.0. The number of carboxylic acids is 1. The summed E-state index contributed by atoms with van der Waals surface area (Å²) in [6.45, 7) is 0. The Balaban J connectivity index is 1.95. The largest absolute Gasteiger partial charge is 0.481 e. The van der Waals surface area contributed by atoms with E-state index in [-0.39, 0.29) is 18.7 Å². The van der Waals surface area contributed by atoms with Crippen molar-refractivity contribution in [1.82, 2.24) is 10.2 Å². The molecule has 0 radical (unpaired) electrons. The second kappa shape index (κ2) is 6.23. The van der Waals surface area contributed by atoms with Crippen LogP contribution in [0.15, 0.2) is 22.6 Å². The third-order valence-electron chi connectivity index (χ3n) is 2.63. The second-order valence-corrected chi connectivity index (χ2v) is 4.26. The summed E-state index contributed by atoms with van der Waals surface area (Å²) in [7, 11) is 0. The van der Waals surface area contributed by atoms with Crippen molar-refractivity contribution in [2.24, 2.45) is 0 Å². The maximum Gasteiger partial charge on any atom is 0.303 e. The van der Waals surface area contributed by atoms with Crippen molar-refractivity contribution in [3.63, 3.8) is 0 Å². The normalized spacial score (nSPS) is 10.7. The van der Waals surface area contributed by atoms with Crippen LogP contribution in [0.2, 0.25) is 0 Å². The molecule has 0 saturated carbocycles. The first-order chi connectivity index (χ1) is 9.54. The van der Waals surface area contributed by atoms with Crippen molar-refractivity contribution >= 4 is 5.97 Å². The third-order valence-corrected chi connectivity index (χ3v) is 2.63. The van der Waals surface area contributed by atoms with Crippen molar-refractivity contribution in [3.05, 3.63) is 47.2 Å². The zero-order valence-electron chi connectivity index (χ0n) is 10.5. The molecule has 0 fully saturated rings. The number of aromatic nitrogens is 2. The minimum Gasteiger partial charge on any atom is -0.481 e. The predicted octanol–water partition coefficient (Wildman–Crippen LogP) is 2.35. The highest BCUT2D eigenvalue weighted by Gasteiger charge is 2.09. The molecule has 0 aliphatic rings. The van der Waals surface area contributed by atoms with Crippen LogP contribution in [0.1, 0.15) is 30.2 Å². The van der Waals surface area contributed by atoms with Gasteiger partial charge in [-0.15, -0.1) is 10.2 Å². The molecule has 2 rings (SSSR count). The molecule has 0 bridgehead atoms. The van der Waals surface area contributed by atoms with Gasteiger partial charge in [-0.2, -0.15) is 0 Å².